The van der Waals surface area contributed by atoms with Gasteiger partial charge in [0.25, 0.3) is 0 Å². The van der Waals surface area contributed by atoms with Gasteiger partial charge in [0, 0.05) is 19.2 Å². The summed E-state index contributed by atoms with van der Waals surface area (Å²) in [4.78, 5) is 2.45. The smallest absolute Gasteiger partial charge is 0.0917 e. The van der Waals surface area contributed by atoms with Crippen LogP contribution in [-0.4, -0.2) is 41.8 Å². The lowest BCUT2D eigenvalue weighted by atomic mass is 9.98. The number of nitrogens with zero attached hydrogens (tertiary/aromatic N) is 1. The molecule has 1 heterocycles. The molecule has 1 aliphatic heterocycles. The second-order valence-corrected chi connectivity index (χ2v) is 6.28. The summed E-state index contributed by atoms with van der Waals surface area (Å²) >= 11 is 0. The molecule has 1 aromatic carbocycles. The van der Waals surface area contributed by atoms with Gasteiger partial charge in [-0.3, -0.25) is 4.90 Å². The molecular formula is C18H29NO2. The number of likely N-dealkylation sites (tertiary alicyclic amines) is 1. The maximum Gasteiger partial charge on any atom is 0.0917 e. The summed E-state index contributed by atoms with van der Waals surface area (Å²) in [6.07, 6.45) is 4.74. The fraction of sp³-hybridized carbons (Fsp3) is 0.667. The van der Waals surface area contributed by atoms with E-state index in [1.54, 1.807) is 0 Å². The summed E-state index contributed by atoms with van der Waals surface area (Å²) in [6, 6.07) is 10.5. The standard InChI is InChI=1S/C18H29NO2/c1-15(2)21-13-11-17-10-6-7-12-19(17)14-18(20)16-8-4-3-5-9-16/h3-5,8-9,15,17-18,20H,6-7,10-14H2,1-2H3. The van der Waals surface area contributed by atoms with E-state index in [0.29, 0.717) is 12.1 Å². The summed E-state index contributed by atoms with van der Waals surface area (Å²) in [7, 11) is 0. The Bertz CT molecular complexity index is 393. The normalized spacial score (nSPS) is 21.6. The first-order valence-corrected chi connectivity index (χ1v) is 8.25. The molecule has 0 amide bonds. The van der Waals surface area contributed by atoms with Gasteiger partial charge < -0.3 is 9.84 Å². The zero-order chi connectivity index (χ0) is 15.1. The molecule has 21 heavy (non-hydrogen) atoms. The third kappa shape index (κ3) is 5.42. The second-order valence-electron chi connectivity index (χ2n) is 6.28. The Morgan fingerprint density at radius 1 is 1.24 bits per heavy atom. The van der Waals surface area contributed by atoms with Gasteiger partial charge in [-0.15, -0.1) is 0 Å². The number of aliphatic hydroxyl groups excluding tert-OH is 1. The van der Waals surface area contributed by atoms with Crippen molar-refractivity contribution in [1.29, 1.82) is 0 Å². The van der Waals surface area contributed by atoms with Gasteiger partial charge >= 0.3 is 0 Å². The van der Waals surface area contributed by atoms with Crippen LogP contribution < -0.4 is 0 Å². The molecule has 1 aliphatic rings. The second kappa shape index (κ2) is 8.52. The fourth-order valence-corrected chi connectivity index (χ4v) is 3.07. The molecule has 1 saturated heterocycles. The largest absolute Gasteiger partial charge is 0.387 e. The van der Waals surface area contributed by atoms with Gasteiger partial charge in [-0.25, -0.2) is 0 Å². The van der Waals surface area contributed by atoms with Gasteiger partial charge in [0.2, 0.25) is 0 Å². The first-order chi connectivity index (χ1) is 10.2. The van der Waals surface area contributed by atoms with Crippen LogP contribution in [0.5, 0.6) is 0 Å². The summed E-state index contributed by atoms with van der Waals surface area (Å²) in [6.45, 7) is 6.81. The van der Waals surface area contributed by atoms with Crippen LogP contribution in [-0.2, 0) is 4.74 Å². The van der Waals surface area contributed by atoms with Crippen molar-refractivity contribution in [2.45, 2.75) is 57.8 Å². The molecule has 1 aromatic rings. The first-order valence-electron chi connectivity index (χ1n) is 8.25. The zero-order valence-electron chi connectivity index (χ0n) is 13.4. The number of ether oxygens (including phenoxy) is 1. The Hall–Kier alpha value is -0.900. The van der Waals surface area contributed by atoms with Crippen LogP contribution in [0.25, 0.3) is 0 Å². The van der Waals surface area contributed by atoms with Crippen LogP contribution in [0.1, 0.15) is 51.2 Å². The third-order valence-electron chi connectivity index (χ3n) is 4.24. The van der Waals surface area contributed by atoms with Crippen molar-refractivity contribution in [3.05, 3.63) is 35.9 Å². The summed E-state index contributed by atoms with van der Waals surface area (Å²) < 4.78 is 5.69. The number of aliphatic hydroxyl groups is 1. The van der Waals surface area contributed by atoms with E-state index in [2.05, 4.69) is 18.7 Å². The average Bonchev–Trinajstić information content (AvgIpc) is 2.49. The number of hydrogen-bond acceptors (Lipinski definition) is 3. The van der Waals surface area contributed by atoms with Gasteiger partial charge in [-0.1, -0.05) is 36.8 Å². The van der Waals surface area contributed by atoms with Crippen LogP contribution in [0.4, 0.5) is 0 Å². The van der Waals surface area contributed by atoms with Crippen LogP contribution >= 0.6 is 0 Å². The molecule has 0 spiro atoms. The van der Waals surface area contributed by atoms with E-state index in [1.807, 2.05) is 30.3 Å². The molecule has 0 bridgehead atoms. The summed E-state index contributed by atoms with van der Waals surface area (Å²) in [5.74, 6) is 0. The van der Waals surface area contributed by atoms with Gasteiger partial charge in [-0.05, 0) is 45.2 Å². The summed E-state index contributed by atoms with van der Waals surface area (Å²) in [5, 5.41) is 10.4. The lowest BCUT2D eigenvalue weighted by molar-refractivity contribution is 0.0290. The van der Waals surface area contributed by atoms with Crippen molar-refractivity contribution in [2.75, 3.05) is 19.7 Å². The van der Waals surface area contributed by atoms with E-state index < -0.39 is 6.10 Å². The molecule has 0 saturated carbocycles. The van der Waals surface area contributed by atoms with Gasteiger partial charge in [0.15, 0.2) is 0 Å². The van der Waals surface area contributed by atoms with Crippen molar-refractivity contribution in [3.63, 3.8) is 0 Å². The van der Waals surface area contributed by atoms with E-state index in [-0.39, 0.29) is 0 Å². The Morgan fingerprint density at radius 2 is 2.00 bits per heavy atom. The first kappa shape index (κ1) is 16.5. The SMILES string of the molecule is CC(C)OCCC1CCCCN1CC(O)c1ccccc1. The fourth-order valence-electron chi connectivity index (χ4n) is 3.07. The van der Waals surface area contributed by atoms with E-state index in [0.717, 1.165) is 31.7 Å². The minimum atomic E-state index is -0.391. The highest BCUT2D eigenvalue weighted by Crippen LogP contribution is 2.23. The van der Waals surface area contributed by atoms with Gasteiger partial charge in [0.05, 0.1) is 12.2 Å². The van der Waals surface area contributed by atoms with Crippen LogP contribution in [0, 0.1) is 0 Å². The van der Waals surface area contributed by atoms with Gasteiger partial charge in [-0.2, -0.15) is 0 Å². The molecule has 3 nitrogen and oxygen atoms in total. The molecule has 0 radical (unpaired) electrons. The number of rotatable bonds is 7. The van der Waals surface area contributed by atoms with E-state index in [9.17, 15) is 5.11 Å². The number of benzene rings is 1. The van der Waals surface area contributed by atoms with Crippen LogP contribution in [0.3, 0.4) is 0 Å². The Balaban J connectivity index is 1.86. The predicted octanol–water partition coefficient (Wildman–Crippen LogP) is 3.39. The molecule has 1 fully saturated rings. The Morgan fingerprint density at radius 3 is 2.71 bits per heavy atom. The van der Waals surface area contributed by atoms with E-state index in [4.69, 9.17) is 4.74 Å². The third-order valence-corrected chi connectivity index (χ3v) is 4.24. The highest BCUT2D eigenvalue weighted by molar-refractivity contribution is 5.17. The van der Waals surface area contributed by atoms with Crippen LogP contribution in [0.2, 0.25) is 0 Å². The average molecular weight is 291 g/mol. The van der Waals surface area contributed by atoms with Crippen molar-refractivity contribution in [2.24, 2.45) is 0 Å². The molecule has 0 aliphatic carbocycles. The quantitative estimate of drug-likeness (QED) is 0.836. The lowest BCUT2D eigenvalue weighted by Crippen LogP contribution is -2.42. The monoisotopic (exact) mass is 291 g/mol. The Kier molecular flexibility index (Phi) is 6.68. The van der Waals surface area contributed by atoms with Crippen LogP contribution in [0.15, 0.2) is 30.3 Å². The molecular weight excluding hydrogens is 262 g/mol. The molecule has 118 valence electrons. The summed E-state index contributed by atoms with van der Waals surface area (Å²) in [5.41, 5.74) is 1.01. The van der Waals surface area contributed by atoms with Crippen molar-refractivity contribution in [1.82, 2.24) is 4.90 Å². The topological polar surface area (TPSA) is 32.7 Å². The van der Waals surface area contributed by atoms with Gasteiger partial charge in [0.1, 0.15) is 0 Å². The molecule has 2 atom stereocenters. The highest BCUT2D eigenvalue weighted by atomic mass is 16.5. The zero-order valence-corrected chi connectivity index (χ0v) is 13.4. The van der Waals surface area contributed by atoms with E-state index >= 15 is 0 Å². The van der Waals surface area contributed by atoms with Crippen molar-refractivity contribution >= 4 is 0 Å². The number of piperidine rings is 1. The number of β-amino-alcohol motifs (C(OH)–C–C–N with tert-alkyl or cyclic N) is 1. The molecule has 2 rings (SSSR count). The number of hydrogen-bond donors (Lipinski definition) is 1. The van der Waals surface area contributed by atoms with Crippen molar-refractivity contribution < 1.29 is 9.84 Å². The van der Waals surface area contributed by atoms with E-state index in [1.165, 1.54) is 19.3 Å². The highest BCUT2D eigenvalue weighted by Gasteiger charge is 2.24. The Labute approximate surface area is 128 Å². The molecule has 2 unspecified atom stereocenters. The van der Waals surface area contributed by atoms with Crippen molar-refractivity contribution in [3.8, 4) is 0 Å². The minimum Gasteiger partial charge on any atom is -0.387 e. The minimum absolute atomic E-state index is 0.303. The maximum absolute atomic E-state index is 10.4. The molecule has 3 heteroatoms. The molecule has 1 N–H and O–H groups in total. The predicted molar refractivity (Wildman–Crippen MR) is 86.3 cm³/mol. The lowest BCUT2D eigenvalue weighted by Gasteiger charge is -2.37. The molecule has 0 aromatic heterocycles. The maximum atomic E-state index is 10.4.